The van der Waals surface area contributed by atoms with Crippen molar-refractivity contribution in [3.63, 3.8) is 0 Å². The van der Waals surface area contributed by atoms with Gasteiger partial charge in [0.25, 0.3) is 0 Å². The third kappa shape index (κ3) is 10.1. The van der Waals surface area contributed by atoms with E-state index in [1.165, 1.54) is 57.8 Å². The van der Waals surface area contributed by atoms with Gasteiger partial charge in [0, 0.05) is 0 Å². The second-order valence-corrected chi connectivity index (χ2v) is 12.8. The molecule has 0 unspecified atom stereocenters. The van der Waals surface area contributed by atoms with Crippen molar-refractivity contribution < 1.29 is 4.74 Å². The van der Waals surface area contributed by atoms with E-state index in [0.717, 1.165) is 14.7 Å². The van der Waals surface area contributed by atoms with E-state index in [2.05, 4.69) is 20.8 Å². The Labute approximate surface area is 131 Å². The van der Waals surface area contributed by atoms with Crippen LogP contribution in [0.4, 0.5) is 0 Å². The van der Waals surface area contributed by atoms with Crippen LogP contribution in [0.2, 0.25) is 3.43 Å². The number of hydrogen-bond acceptors (Lipinski definition) is 2. The van der Waals surface area contributed by atoms with E-state index in [-0.39, 0.29) is 0 Å². The molecule has 0 spiro atoms. The van der Waals surface area contributed by atoms with E-state index < -0.39 is 21.1 Å². The molecule has 0 fully saturated rings. The Morgan fingerprint density at radius 2 is 1.37 bits per heavy atom. The average molecular weight is 378 g/mol. The van der Waals surface area contributed by atoms with E-state index in [0.29, 0.717) is 6.54 Å². The number of hydrogen-bond donors (Lipinski definition) is 1. The third-order valence-electron chi connectivity index (χ3n) is 4.22. The van der Waals surface area contributed by atoms with Crippen LogP contribution in [0, 0.1) is 0 Å². The maximum atomic E-state index is 5.75. The normalized spacial score (nSPS) is 12.6. The second-order valence-electron chi connectivity index (χ2n) is 5.96. The SMILES string of the molecule is CCCC[C](CCCC)(CCCC)[SnH2][CH2]OCCN. The molecular weight excluding hydrogens is 341 g/mol. The van der Waals surface area contributed by atoms with Crippen molar-refractivity contribution in [2.75, 3.05) is 17.8 Å². The molecule has 0 aromatic rings. The minimum absolute atomic E-state index is 0.678. The molecule has 0 radical (unpaired) electrons. The average Bonchev–Trinajstić information content (AvgIpc) is 2.44. The number of rotatable bonds is 14. The predicted octanol–water partition coefficient (Wildman–Crippen LogP) is 3.82. The minimum atomic E-state index is -0.842. The van der Waals surface area contributed by atoms with Crippen LogP contribution in [0.1, 0.15) is 78.6 Å². The molecule has 0 aliphatic carbocycles. The molecular formula is C16H37NOSn. The summed E-state index contributed by atoms with van der Waals surface area (Å²) < 4.78 is 7.60. The van der Waals surface area contributed by atoms with E-state index in [1.807, 2.05) is 0 Å². The fraction of sp³-hybridized carbons (Fsp3) is 1.00. The fourth-order valence-electron chi connectivity index (χ4n) is 2.88. The standard InChI is InChI=1S/C13H27.C3H8NO.Sn.2H/c1-4-7-10-13(11-8-5-2)12-9-6-3;1-5-3-2-4;;;/h4-12H2,1-3H3;1-4H2;;;. The van der Waals surface area contributed by atoms with Gasteiger partial charge in [-0.2, -0.15) is 0 Å². The first-order chi connectivity index (χ1) is 9.24. The molecule has 0 heterocycles. The van der Waals surface area contributed by atoms with Gasteiger partial charge in [-0.25, -0.2) is 0 Å². The Morgan fingerprint density at radius 1 is 0.895 bits per heavy atom. The summed E-state index contributed by atoms with van der Waals surface area (Å²) >= 11 is -0.842. The van der Waals surface area contributed by atoms with Gasteiger partial charge >= 0.3 is 131 Å². The molecule has 2 nitrogen and oxygen atoms in total. The molecule has 0 saturated carbocycles. The fourth-order valence-corrected chi connectivity index (χ4v) is 9.39. The van der Waals surface area contributed by atoms with Gasteiger partial charge in [-0.1, -0.05) is 0 Å². The predicted molar refractivity (Wildman–Crippen MR) is 89.7 cm³/mol. The zero-order valence-corrected chi connectivity index (χ0v) is 17.7. The quantitative estimate of drug-likeness (QED) is 0.369. The molecule has 0 aliphatic heterocycles. The van der Waals surface area contributed by atoms with Crippen molar-refractivity contribution >= 4 is 21.1 Å². The first-order valence-corrected chi connectivity index (χ1v) is 13.4. The van der Waals surface area contributed by atoms with Crippen LogP contribution in [0.5, 0.6) is 0 Å². The summed E-state index contributed by atoms with van der Waals surface area (Å²) in [6.07, 6.45) is 12.7. The molecule has 0 aliphatic rings. The van der Waals surface area contributed by atoms with Crippen LogP contribution in [-0.4, -0.2) is 38.9 Å². The third-order valence-corrected chi connectivity index (χ3v) is 11.7. The molecule has 0 saturated heterocycles. The van der Waals surface area contributed by atoms with Gasteiger partial charge in [0.05, 0.1) is 0 Å². The van der Waals surface area contributed by atoms with Gasteiger partial charge in [-0.3, -0.25) is 0 Å². The van der Waals surface area contributed by atoms with Crippen molar-refractivity contribution in [3.8, 4) is 0 Å². The van der Waals surface area contributed by atoms with Crippen LogP contribution in [0.25, 0.3) is 0 Å². The Hall–Kier alpha value is 0.719. The maximum absolute atomic E-state index is 5.75. The molecule has 2 N–H and O–H groups in total. The van der Waals surface area contributed by atoms with E-state index in [1.54, 1.807) is 0 Å². The number of unbranched alkanes of at least 4 members (excludes halogenated alkanes) is 3. The molecule has 116 valence electrons. The first kappa shape index (κ1) is 19.7. The zero-order valence-electron chi connectivity index (χ0n) is 13.7. The van der Waals surface area contributed by atoms with Crippen LogP contribution in [-0.2, 0) is 4.74 Å². The van der Waals surface area contributed by atoms with Gasteiger partial charge in [-0.15, -0.1) is 0 Å². The van der Waals surface area contributed by atoms with Gasteiger partial charge in [0.15, 0.2) is 0 Å². The molecule has 0 amide bonds. The van der Waals surface area contributed by atoms with Crippen molar-refractivity contribution in [1.82, 2.24) is 0 Å². The molecule has 0 rings (SSSR count). The summed E-state index contributed by atoms with van der Waals surface area (Å²) in [5.41, 5.74) is 5.52. The molecule has 3 heteroatoms. The summed E-state index contributed by atoms with van der Waals surface area (Å²) in [5.74, 6) is 0. The Kier molecular flexibility index (Phi) is 14.2. The van der Waals surface area contributed by atoms with E-state index >= 15 is 0 Å². The van der Waals surface area contributed by atoms with Crippen molar-refractivity contribution in [3.05, 3.63) is 0 Å². The van der Waals surface area contributed by atoms with Gasteiger partial charge in [-0.05, 0) is 0 Å². The number of nitrogens with two attached hydrogens (primary N) is 1. The van der Waals surface area contributed by atoms with Crippen LogP contribution in [0.3, 0.4) is 0 Å². The molecule has 19 heavy (non-hydrogen) atoms. The van der Waals surface area contributed by atoms with Crippen LogP contribution < -0.4 is 5.73 Å². The Balaban J connectivity index is 4.38. The van der Waals surface area contributed by atoms with Gasteiger partial charge in [0.2, 0.25) is 0 Å². The molecule has 0 atom stereocenters. The van der Waals surface area contributed by atoms with E-state index in [4.69, 9.17) is 10.5 Å². The summed E-state index contributed by atoms with van der Waals surface area (Å²) in [6.45, 7) is 8.42. The van der Waals surface area contributed by atoms with Crippen molar-refractivity contribution in [2.24, 2.45) is 5.73 Å². The first-order valence-electron chi connectivity index (χ1n) is 8.52. The summed E-state index contributed by atoms with van der Waals surface area (Å²) in [5, 5.41) is 0. The van der Waals surface area contributed by atoms with E-state index in [9.17, 15) is 0 Å². The Morgan fingerprint density at radius 3 is 1.74 bits per heavy atom. The zero-order chi connectivity index (χ0) is 14.4. The molecule has 0 bridgehead atoms. The molecule has 0 aromatic carbocycles. The topological polar surface area (TPSA) is 35.2 Å². The summed E-state index contributed by atoms with van der Waals surface area (Å²) in [7, 11) is 0. The number of ether oxygens (including phenoxy) is 1. The van der Waals surface area contributed by atoms with Crippen LogP contribution >= 0.6 is 0 Å². The molecule has 0 aromatic heterocycles. The second kappa shape index (κ2) is 13.7. The summed E-state index contributed by atoms with van der Waals surface area (Å²) in [6, 6.07) is 0. The Bertz CT molecular complexity index is 166. The van der Waals surface area contributed by atoms with Gasteiger partial charge in [0.1, 0.15) is 0 Å². The van der Waals surface area contributed by atoms with Crippen molar-refractivity contribution in [1.29, 1.82) is 0 Å². The van der Waals surface area contributed by atoms with Crippen LogP contribution in [0.15, 0.2) is 0 Å². The van der Waals surface area contributed by atoms with Gasteiger partial charge < -0.3 is 0 Å². The monoisotopic (exact) mass is 379 g/mol. The summed E-state index contributed by atoms with van der Waals surface area (Å²) in [4.78, 5) is 0. The van der Waals surface area contributed by atoms with Crippen molar-refractivity contribution in [2.45, 2.75) is 82.0 Å².